The van der Waals surface area contributed by atoms with Crippen molar-refractivity contribution in [1.82, 2.24) is 9.78 Å². The van der Waals surface area contributed by atoms with Crippen LogP contribution in [0.3, 0.4) is 0 Å². The molecule has 0 aromatic carbocycles. The maximum absolute atomic E-state index is 12.5. The predicted molar refractivity (Wildman–Crippen MR) is 86.3 cm³/mol. The molecule has 3 nitrogen and oxygen atoms in total. The fourth-order valence-electron chi connectivity index (χ4n) is 3.50. The van der Waals surface area contributed by atoms with Crippen LogP contribution in [0.2, 0.25) is 0 Å². The molecular weight excluding hydrogens is 260 g/mol. The monoisotopic (exact) mass is 290 g/mol. The Bertz CT molecular complexity index is 456. The fraction of sp³-hybridized carbons (Fsp3) is 0.778. The molecule has 1 aliphatic carbocycles. The number of carbonyl (C=O) groups is 1. The van der Waals surface area contributed by atoms with Crippen molar-refractivity contribution in [2.75, 3.05) is 0 Å². The van der Waals surface area contributed by atoms with Crippen LogP contribution in [0.25, 0.3) is 0 Å². The van der Waals surface area contributed by atoms with Gasteiger partial charge in [-0.05, 0) is 44.1 Å². The largest absolute Gasteiger partial charge is 0.299 e. The average Bonchev–Trinajstić information content (AvgIpc) is 2.86. The molecule has 0 bridgehead atoms. The van der Waals surface area contributed by atoms with E-state index in [0.29, 0.717) is 18.1 Å². The van der Waals surface area contributed by atoms with Crippen LogP contribution in [0, 0.1) is 11.8 Å². The van der Waals surface area contributed by atoms with Crippen molar-refractivity contribution in [3.8, 4) is 0 Å². The summed E-state index contributed by atoms with van der Waals surface area (Å²) in [4.78, 5) is 12.5. The summed E-state index contributed by atoms with van der Waals surface area (Å²) in [6.07, 6.45) is 10.2. The summed E-state index contributed by atoms with van der Waals surface area (Å²) in [5.74, 6) is 1.59. The molecule has 1 aromatic heterocycles. The van der Waals surface area contributed by atoms with Gasteiger partial charge in [-0.15, -0.1) is 0 Å². The molecule has 0 unspecified atom stereocenters. The average molecular weight is 290 g/mol. The van der Waals surface area contributed by atoms with Gasteiger partial charge < -0.3 is 0 Å². The molecule has 1 fully saturated rings. The van der Waals surface area contributed by atoms with Crippen molar-refractivity contribution in [3.63, 3.8) is 0 Å². The minimum atomic E-state index is 0.294. The molecule has 2 rings (SSSR count). The lowest BCUT2D eigenvalue weighted by Gasteiger charge is -2.27. The highest BCUT2D eigenvalue weighted by Crippen LogP contribution is 2.32. The molecule has 1 saturated carbocycles. The van der Waals surface area contributed by atoms with Gasteiger partial charge in [-0.25, -0.2) is 0 Å². The number of hydrogen-bond acceptors (Lipinski definition) is 2. The first kappa shape index (κ1) is 16.3. The standard InChI is InChI=1S/C18H30N2O/c1-4-6-7-14-8-10-15(11-9-14)18(21)13-17-12-16(5-2)19-20(17)3/h12,14-15H,4-11,13H2,1-3H3. The lowest BCUT2D eigenvalue weighted by Crippen LogP contribution is -2.24. The molecule has 118 valence electrons. The van der Waals surface area contributed by atoms with E-state index in [1.807, 2.05) is 11.7 Å². The predicted octanol–water partition coefficient (Wildman–Crippen LogP) is 4.09. The minimum Gasteiger partial charge on any atom is -0.299 e. The third-order valence-corrected chi connectivity index (χ3v) is 5.01. The number of hydrogen-bond donors (Lipinski definition) is 0. The topological polar surface area (TPSA) is 34.9 Å². The van der Waals surface area contributed by atoms with E-state index < -0.39 is 0 Å². The van der Waals surface area contributed by atoms with Crippen LogP contribution in [0.1, 0.15) is 70.2 Å². The van der Waals surface area contributed by atoms with Gasteiger partial charge >= 0.3 is 0 Å². The Kier molecular flexibility index (Phi) is 6.01. The Hall–Kier alpha value is -1.12. The molecule has 21 heavy (non-hydrogen) atoms. The molecule has 0 N–H and O–H groups in total. The highest BCUT2D eigenvalue weighted by molar-refractivity contribution is 5.83. The summed E-state index contributed by atoms with van der Waals surface area (Å²) in [6, 6.07) is 2.09. The number of ketones is 1. The zero-order valence-electron chi connectivity index (χ0n) is 13.9. The van der Waals surface area contributed by atoms with Crippen molar-refractivity contribution < 1.29 is 4.79 Å². The Labute approximate surface area is 129 Å². The Morgan fingerprint density at radius 1 is 1.29 bits per heavy atom. The van der Waals surface area contributed by atoms with E-state index in [1.165, 1.54) is 32.1 Å². The molecule has 1 aliphatic rings. The van der Waals surface area contributed by atoms with Crippen LogP contribution in [0.4, 0.5) is 0 Å². The molecule has 3 heteroatoms. The molecule has 0 aliphatic heterocycles. The van der Waals surface area contributed by atoms with Crippen LogP contribution in [0.5, 0.6) is 0 Å². The van der Waals surface area contributed by atoms with Gasteiger partial charge in [0.1, 0.15) is 5.78 Å². The van der Waals surface area contributed by atoms with Crippen LogP contribution >= 0.6 is 0 Å². The first-order chi connectivity index (χ1) is 10.1. The summed E-state index contributed by atoms with van der Waals surface area (Å²) in [5, 5.41) is 4.44. The van der Waals surface area contributed by atoms with E-state index in [1.54, 1.807) is 0 Å². The van der Waals surface area contributed by atoms with Gasteiger partial charge in [0.25, 0.3) is 0 Å². The summed E-state index contributed by atoms with van der Waals surface area (Å²) in [7, 11) is 1.95. The number of rotatable bonds is 7. The van der Waals surface area contributed by atoms with E-state index in [0.717, 1.165) is 36.6 Å². The second-order valence-electron chi connectivity index (χ2n) is 6.61. The molecular formula is C18H30N2O. The summed E-state index contributed by atoms with van der Waals surface area (Å²) in [5.41, 5.74) is 2.16. The zero-order valence-corrected chi connectivity index (χ0v) is 13.9. The normalized spacial score (nSPS) is 22.4. The minimum absolute atomic E-state index is 0.294. The van der Waals surface area contributed by atoms with Gasteiger partial charge in [-0.2, -0.15) is 5.10 Å². The third-order valence-electron chi connectivity index (χ3n) is 5.01. The number of nitrogens with zero attached hydrogens (tertiary/aromatic N) is 2. The molecule has 0 atom stereocenters. The number of aromatic nitrogens is 2. The molecule has 0 radical (unpaired) electrons. The van der Waals surface area contributed by atoms with Crippen molar-refractivity contribution in [1.29, 1.82) is 0 Å². The van der Waals surface area contributed by atoms with E-state index in [-0.39, 0.29) is 0 Å². The first-order valence-corrected chi connectivity index (χ1v) is 8.68. The second kappa shape index (κ2) is 7.77. The van der Waals surface area contributed by atoms with Crippen molar-refractivity contribution >= 4 is 5.78 Å². The Morgan fingerprint density at radius 2 is 2.00 bits per heavy atom. The summed E-state index contributed by atoms with van der Waals surface area (Å²) in [6.45, 7) is 4.36. The van der Waals surface area contributed by atoms with Crippen molar-refractivity contribution in [3.05, 3.63) is 17.5 Å². The van der Waals surface area contributed by atoms with Gasteiger partial charge in [0, 0.05) is 25.1 Å². The first-order valence-electron chi connectivity index (χ1n) is 8.68. The Morgan fingerprint density at radius 3 is 2.57 bits per heavy atom. The highest BCUT2D eigenvalue weighted by atomic mass is 16.1. The fourth-order valence-corrected chi connectivity index (χ4v) is 3.50. The SMILES string of the molecule is CCCCC1CCC(C(=O)Cc2cc(CC)nn2C)CC1. The maximum atomic E-state index is 12.5. The number of Topliss-reactive ketones (excluding diaryl/α,β-unsaturated/α-hetero) is 1. The molecule has 1 heterocycles. The van der Waals surface area contributed by atoms with Gasteiger partial charge in [0.05, 0.1) is 5.69 Å². The Balaban J connectivity index is 1.83. The van der Waals surface area contributed by atoms with Crippen LogP contribution in [-0.2, 0) is 24.7 Å². The van der Waals surface area contributed by atoms with E-state index in [4.69, 9.17) is 0 Å². The second-order valence-corrected chi connectivity index (χ2v) is 6.61. The smallest absolute Gasteiger partial charge is 0.141 e. The van der Waals surface area contributed by atoms with Crippen molar-refractivity contribution in [2.45, 2.75) is 71.6 Å². The number of aryl methyl sites for hydroxylation is 2. The molecule has 0 amide bonds. The van der Waals surface area contributed by atoms with E-state index >= 15 is 0 Å². The highest BCUT2D eigenvalue weighted by Gasteiger charge is 2.26. The van der Waals surface area contributed by atoms with Gasteiger partial charge in [-0.3, -0.25) is 9.48 Å². The molecule has 1 aromatic rings. The lowest BCUT2D eigenvalue weighted by atomic mass is 9.77. The molecule has 0 spiro atoms. The van der Waals surface area contributed by atoms with Gasteiger partial charge in [-0.1, -0.05) is 33.1 Å². The van der Waals surface area contributed by atoms with Gasteiger partial charge in [0.2, 0.25) is 0 Å². The summed E-state index contributed by atoms with van der Waals surface area (Å²) < 4.78 is 1.88. The van der Waals surface area contributed by atoms with Crippen LogP contribution in [0.15, 0.2) is 6.07 Å². The van der Waals surface area contributed by atoms with E-state index in [2.05, 4.69) is 25.0 Å². The lowest BCUT2D eigenvalue weighted by molar-refractivity contribution is -0.123. The van der Waals surface area contributed by atoms with Crippen LogP contribution in [-0.4, -0.2) is 15.6 Å². The van der Waals surface area contributed by atoms with Crippen LogP contribution < -0.4 is 0 Å². The third kappa shape index (κ3) is 4.42. The number of unbranched alkanes of at least 4 members (excludes halogenated alkanes) is 1. The van der Waals surface area contributed by atoms with Gasteiger partial charge in [0.15, 0.2) is 0 Å². The van der Waals surface area contributed by atoms with Crippen molar-refractivity contribution in [2.24, 2.45) is 18.9 Å². The molecule has 0 saturated heterocycles. The quantitative estimate of drug-likeness (QED) is 0.758. The maximum Gasteiger partial charge on any atom is 0.141 e. The zero-order chi connectivity index (χ0) is 15.2. The number of carbonyl (C=O) groups excluding carboxylic acids is 1. The summed E-state index contributed by atoms with van der Waals surface area (Å²) >= 11 is 0. The van der Waals surface area contributed by atoms with E-state index in [9.17, 15) is 4.79 Å².